The summed E-state index contributed by atoms with van der Waals surface area (Å²) in [4.78, 5) is 28.7. The molecule has 0 radical (unpaired) electrons. The summed E-state index contributed by atoms with van der Waals surface area (Å²) in [6.45, 7) is 6.43. The largest absolute Gasteiger partial charge is 0.416 e. The Kier molecular flexibility index (Phi) is 6.26. The van der Waals surface area contributed by atoms with E-state index < -0.39 is 17.6 Å². The fraction of sp³-hybridized carbons (Fsp3) is 0.375. The number of carbonyl (C=O) groups excluding carboxylic acids is 1. The highest BCUT2D eigenvalue weighted by molar-refractivity contribution is 8.00. The van der Waals surface area contributed by atoms with Crippen molar-refractivity contribution in [1.82, 2.24) is 9.78 Å². The van der Waals surface area contributed by atoms with Gasteiger partial charge in [0.15, 0.2) is 5.69 Å². The molecule has 0 aliphatic carbocycles. The van der Waals surface area contributed by atoms with Crippen molar-refractivity contribution in [3.05, 3.63) is 64.1 Å². The Labute approximate surface area is 193 Å². The molecule has 1 unspecified atom stereocenters. The molecule has 33 heavy (non-hydrogen) atoms. The van der Waals surface area contributed by atoms with Gasteiger partial charge in [0, 0.05) is 28.6 Å². The van der Waals surface area contributed by atoms with Crippen LogP contribution >= 0.6 is 11.8 Å². The SMILES string of the molecule is CC(C)Cn1nc(C(=O)N2CCC(C)Sc3ccc(C(F)(F)F)cc32)c2ccccc2c1=O. The Morgan fingerprint density at radius 2 is 1.88 bits per heavy atom. The zero-order valence-corrected chi connectivity index (χ0v) is 19.3. The number of anilines is 1. The number of rotatable bonds is 3. The van der Waals surface area contributed by atoms with Gasteiger partial charge in [-0.2, -0.15) is 18.3 Å². The van der Waals surface area contributed by atoms with Crippen molar-refractivity contribution in [2.24, 2.45) is 5.92 Å². The van der Waals surface area contributed by atoms with Crippen LogP contribution in [-0.4, -0.2) is 27.5 Å². The standard InChI is InChI=1S/C24H24F3N3O2S/c1-14(2)13-30-22(31)18-7-5-4-6-17(18)21(28-30)23(32)29-11-10-15(3)33-20-9-8-16(12-19(20)29)24(25,26)27/h4-9,12,14-15H,10-11,13H2,1-3H3. The Balaban J connectivity index is 1.90. The fourth-order valence-corrected chi connectivity index (χ4v) is 5.01. The van der Waals surface area contributed by atoms with Crippen molar-refractivity contribution in [2.45, 2.75) is 50.1 Å². The van der Waals surface area contributed by atoms with Gasteiger partial charge in [0.2, 0.25) is 0 Å². The van der Waals surface area contributed by atoms with Crippen LogP contribution in [0.5, 0.6) is 0 Å². The number of carbonyl (C=O) groups is 1. The number of hydrogen-bond donors (Lipinski definition) is 0. The van der Waals surface area contributed by atoms with Gasteiger partial charge in [0.05, 0.1) is 16.6 Å². The number of alkyl halides is 3. The number of benzene rings is 2. The molecule has 1 amide bonds. The third-order valence-electron chi connectivity index (χ3n) is 5.52. The molecule has 1 aromatic heterocycles. The van der Waals surface area contributed by atoms with Gasteiger partial charge >= 0.3 is 6.18 Å². The van der Waals surface area contributed by atoms with Crippen LogP contribution in [0.25, 0.3) is 10.8 Å². The van der Waals surface area contributed by atoms with Gasteiger partial charge in [-0.25, -0.2) is 4.68 Å². The minimum absolute atomic E-state index is 0.0637. The first kappa shape index (κ1) is 23.4. The molecule has 3 aromatic rings. The van der Waals surface area contributed by atoms with E-state index in [2.05, 4.69) is 5.10 Å². The average Bonchev–Trinajstić information content (AvgIpc) is 2.92. The zero-order chi connectivity index (χ0) is 23.9. The molecule has 0 fully saturated rings. The third kappa shape index (κ3) is 4.64. The Hall–Kier alpha value is -2.81. The van der Waals surface area contributed by atoms with E-state index in [1.807, 2.05) is 20.8 Å². The van der Waals surface area contributed by atoms with E-state index in [0.29, 0.717) is 28.6 Å². The fourth-order valence-electron chi connectivity index (χ4n) is 3.91. The number of thioether (sulfide) groups is 1. The van der Waals surface area contributed by atoms with Crippen molar-refractivity contribution in [3.8, 4) is 0 Å². The monoisotopic (exact) mass is 475 g/mol. The van der Waals surface area contributed by atoms with Crippen LogP contribution in [0.15, 0.2) is 52.2 Å². The summed E-state index contributed by atoms with van der Waals surface area (Å²) in [7, 11) is 0. The highest BCUT2D eigenvalue weighted by atomic mass is 32.2. The van der Waals surface area contributed by atoms with Gasteiger partial charge in [-0.15, -0.1) is 11.8 Å². The van der Waals surface area contributed by atoms with Gasteiger partial charge in [-0.3, -0.25) is 9.59 Å². The molecule has 174 valence electrons. The second kappa shape index (κ2) is 8.85. The summed E-state index contributed by atoms with van der Waals surface area (Å²) in [6.07, 6.45) is -3.92. The maximum absolute atomic E-state index is 13.8. The second-order valence-corrected chi connectivity index (χ2v) is 10.1. The quantitative estimate of drug-likeness (QED) is 0.495. The lowest BCUT2D eigenvalue weighted by molar-refractivity contribution is -0.137. The van der Waals surface area contributed by atoms with E-state index in [0.717, 1.165) is 12.1 Å². The first-order chi connectivity index (χ1) is 15.6. The summed E-state index contributed by atoms with van der Waals surface area (Å²) >= 11 is 1.45. The number of nitrogens with zero attached hydrogens (tertiary/aromatic N) is 3. The minimum atomic E-state index is -4.53. The van der Waals surface area contributed by atoms with Gasteiger partial charge < -0.3 is 4.90 Å². The van der Waals surface area contributed by atoms with Gasteiger partial charge in [-0.05, 0) is 36.6 Å². The Morgan fingerprint density at radius 1 is 1.18 bits per heavy atom. The topological polar surface area (TPSA) is 55.2 Å². The molecule has 0 bridgehead atoms. The van der Waals surface area contributed by atoms with Crippen LogP contribution in [0.4, 0.5) is 18.9 Å². The average molecular weight is 476 g/mol. The van der Waals surface area contributed by atoms with E-state index >= 15 is 0 Å². The van der Waals surface area contributed by atoms with Gasteiger partial charge in [-0.1, -0.05) is 39.0 Å². The lowest BCUT2D eigenvalue weighted by atomic mass is 10.1. The lowest BCUT2D eigenvalue weighted by Gasteiger charge is -2.24. The van der Waals surface area contributed by atoms with Crippen molar-refractivity contribution >= 4 is 34.1 Å². The van der Waals surface area contributed by atoms with Crippen LogP contribution in [0.1, 0.15) is 43.2 Å². The minimum Gasteiger partial charge on any atom is -0.306 e. The van der Waals surface area contributed by atoms with E-state index in [9.17, 15) is 22.8 Å². The molecule has 4 rings (SSSR count). The van der Waals surface area contributed by atoms with Crippen LogP contribution in [-0.2, 0) is 12.7 Å². The molecule has 1 atom stereocenters. The smallest absolute Gasteiger partial charge is 0.306 e. The second-order valence-electron chi connectivity index (χ2n) is 8.63. The number of hydrogen-bond acceptors (Lipinski definition) is 4. The summed E-state index contributed by atoms with van der Waals surface area (Å²) < 4.78 is 41.6. The Morgan fingerprint density at radius 3 is 2.55 bits per heavy atom. The van der Waals surface area contributed by atoms with E-state index in [1.165, 1.54) is 27.4 Å². The van der Waals surface area contributed by atoms with Crippen LogP contribution < -0.4 is 10.5 Å². The molecular weight excluding hydrogens is 451 g/mol. The van der Waals surface area contributed by atoms with Gasteiger partial charge in [0.25, 0.3) is 11.5 Å². The van der Waals surface area contributed by atoms with Crippen LogP contribution in [0.3, 0.4) is 0 Å². The van der Waals surface area contributed by atoms with Crippen molar-refractivity contribution in [3.63, 3.8) is 0 Å². The summed E-state index contributed by atoms with van der Waals surface area (Å²) in [5, 5.41) is 5.27. The predicted octanol–water partition coefficient (Wildman–Crippen LogP) is 5.60. The number of aromatic nitrogens is 2. The predicted molar refractivity (Wildman–Crippen MR) is 124 cm³/mol. The molecule has 0 saturated carbocycles. The Bertz CT molecular complexity index is 1270. The van der Waals surface area contributed by atoms with E-state index in [1.54, 1.807) is 24.3 Å². The summed E-state index contributed by atoms with van der Waals surface area (Å²) in [5.41, 5.74) is -0.821. The van der Waals surface area contributed by atoms with E-state index in [4.69, 9.17) is 0 Å². The normalized spacial score (nSPS) is 16.7. The molecule has 5 nitrogen and oxygen atoms in total. The van der Waals surface area contributed by atoms with Crippen molar-refractivity contribution in [2.75, 3.05) is 11.4 Å². The summed E-state index contributed by atoms with van der Waals surface area (Å²) in [6, 6.07) is 10.2. The van der Waals surface area contributed by atoms with Crippen molar-refractivity contribution < 1.29 is 18.0 Å². The number of halogens is 3. The molecular formula is C24H24F3N3O2S. The first-order valence-corrected chi connectivity index (χ1v) is 11.6. The number of fused-ring (bicyclic) bond motifs is 2. The van der Waals surface area contributed by atoms with Crippen LogP contribution in [0.2, 0.25) is 0 Å². The molecule has 0 N–H and O–H groups in total. The molecule has 1 aliphatic heterocycles. The van der Waals surface area contributed by atoms with E-state index in [-0.39, 0.29) is 34.7 Å². The highest BCUT2D eigenvalue weighted by Crippen LogP contribution is 2.41. The molecule has 0 saturated heterocycles. The summed E-state index contributed by atoms with van der Waals surface area (Å²) in [5.74, 6) is -0.399. The highest BCUT2D eigenvalue weighted by Gasteiger charge is 2.34. The first-order valence-electron chi connectivity index (χ1n) is 10.8. The third-order valence-corrected chi connectivity index (χ3v) is 6.76. The zero-order valence-electron chi connectivity index (χ0n) is 18.5. The van der Waals surface area contributed by atoms with Crippen LogP contribution in [0, 0.1) is 5.92 Å². The van der Waals surface area contributed by atoms with Gasteiger partial charge in [0.1, 0.15) is 0 Å². The van der Waals surface area contributed by atoms with Crippen molar-refractivity contribution in [1.29, 1.82) is 0 Å². The maximum atomic E-state index is 13.8. The maximum Gasteiger partial charge on any atom is 0.416 e. The molecule has 9 heteroatoms. The number of amides is 1. The lowest BCUT2D eigenvalue weighted by Crippen LogP contribution is -2.36. The molecule has 2 heterocycles. The molecule has 2 aromatic carbocycles. The molecule has 1 aliphatic rings. The molecule has 0 spiro atoms.